The van der Waals surface area contributed by atoms with E-state index in [2.05, 4.69) is 0 Å². The molecule has 0 aromatic heterocycles. The van der Waals surface area contributed by atoms with Crippen molar-refractivity contribution < 1.29 is 19.2 Å². The van der Waals surface area contributed by atoms with Crippen LogP contribution in [-0.4, -0.2) is 17.5 Å². The van der Waals surface area contributed by atoms with E-state index in [9.17, 15) is 14.9 Å². The van der Waals surface area contributed by atoms with Gasteiger partial charge in [-0.2, -0.15) is 0 Å². The van der Waals surface area contributed by atoms with Gasteiger partial charge in [0.25, 0.3) is 5.69 Å². The van der Waals surface area contributed by atoms with Gasteiger partial charge in [-0.25, -0.2) is 4.79 Å². The van der Waals surface area contributed by atoms with E-state index in [4.69, 9.17) is 9.47 Å². The van der Waals surface area contributed by atoms with Crippen LogP contribution in [0.2, 0.25) is 0 Å². The van der Waals surface area contributed by atoms with Gasteiger partial charge < -0.3 is 9.47 Å². The molecule has 0 bridgehead atoms. The Labute approximate surface area is 140 Å². The second-order valence-corrected chi connectivity index (χ2v) is 5.54. The Morgan fingerprint density at radius 2 is 1.96 bits per heavy atom. The van der Waals surface area contributed by atoms with Gasteiger partial charge in [-0.3, -0.25) is 10.1 Å². The first-order chi connectivity index (χ1) is 11.4. The Morgan fingerprint density at radius 3 is 2.62 bits per heavy atom. The number of ether oxygens (including phenoxy) is 2. The van der Waals surface area contributed by atoms with Gasteiger partial charge in [0.2, 0.25) is 0 Å². The number of hydrogen-bond donors (Lipinski definition) is 0. The number of hydrogen-bond acceptors (Lipinski definition) is 5. The fourth-order valence-electron chi connectivity index (χ4n) is 2.29. The number of non-ortho nitro benzene ring substituents is 1. The number of nitro benzene ring substituents is 1. The summed E-state index contributed by atoms with van der Waals surface area (Å²) in [5.41, 5.74) is 2.57. The van der Waals surface area contributed by atoms with E-state index in [0.717, 1.165) is 11.1 Å². The molecule has 0 heterocycles. The van der Waals surface area contributed by atoms with Gasteiger partial charge >= 0.3 is 5.97 Å². The molecule has 2 aromatic rings. The summed E-state index contributed by atoms with van der Waals surface area (Å²) >= 11 is 0. The van der Waals surface area contributed by atoms with Gasteiger partial charge in [0.15, 0.2) is 6.61 Å². The summed E-state index contributed by atoms with van der Waals surface area (Å²) in [6, 6.07) is 11.7. The van der Waals surface area contributed by atoms with Gasteiger partial charge in [-0.05, 0) is 38.0 Å². The monoisotopic (exact) mass is 329 g/mol. The highest BCUT2D eigenvalue weighted by molar-refractivity contribution is 5.71. The van der Waals surface area contributed by atoms with Crippen LogP contribution in [0.25, 0.3) is 0 Å². The molecule has 6 nitrogen and oxygen atoms in total. The van der Waals surface area contributed by atoms with Crippen LogP contribution in [0.5, 0.6) is 5.75 Å². The Bertz CT molecular complexity index is 757. The third kappa shape index (κ3) is 4.55. The highest BCUT2D eigenvalue weighted by Gasteiger charge is 2.15. The van der Waals surface area contributed by atoms with Gasteiger partial charge in [-0.1, -0.05) is 29.8 Å². The van der Waals surface area contributed by atoms with E-state index in [0.29, 0.717) is 11.3 Å². The first-order valence-corrected chi connectivity index (χ1v) is 7.50. The summed E-state index contributed by atoms with van der Waals surface area (Å²) in [6.07, 6.45) is -0.597. The molecule has 6 heteroatoms. The molecule has 1 atom stereocenters. The predicted octanol–water partition coefficient (Wildman–Crippen LogP) is 3.89. The van der Waals surface area contributed by atoms with E-state index in [1.54, 1.807) is 19.1 Å². The first-order valence-electron chi connectivity index (χ1n) is 7.50. The van der Waals surface area contributed by atoms with Gasteiger partial charge in [-0.15, -0.1) is 0 Å². The maximum absolute atomic E-state index is 11.9. The minimum absolute atomic E-state index is 0.0399. The Hall–Kier alpha value is -2.89. The summed E-state index contributed by atoms with van der Waals surface area (Å²) in [4.78, 5) is 22.2. The molecular weight excluding hydrogens is 310 g/mol. The SMILES string of the molecule is Cc1ccc(OCC(=O)O[C@@H](C)c2cccc([N+](=O)[O-])c2)c(C)c1. The summed E-state index contributed by atoms with van der Waals surface area (Å²) in [6.45, 7) is 5.32. The summed E-state index contributed by atoms with van der Waals surface area (Å²) < 4.78 is 10.7. The number of nitro groups is 1. The lowest BCUT2D eigenvalue weighted by Crippen LogP contribution is -2.17. The highest BCUT2D eigenvalue weighted by Crippen LogP contribution is 2.22. The smallest absolute Gasteiger partial charge is 0.344 e. The predicted molar refractivity (Wildman–Crippen MR) is 89.0 cm³/mol. The lowest BCUT2D eigenvalue weighted by atomic mass is 10.1. The third-order valence-corrected chi connectivity index (χ3v) is 3.53. The van der Waals surface area contributed by atoms with Crippen molar-refractivity contribution in [3.8, 4) is 5.75 Å². The molecule has 0 aliphatic carbocycles. The molecule has 0 radical (unpaired) electrons. The van der Waals surface area contributed by atoms with E-state index >= 15 is 0 Å². The lowest BCUT2D eigenvalue weighted by Gasteiger charge is -2.14. The first kappa shape index (κ1) is 17.5. The zero-order chi connectivity index (χ0) is 17.7. The zero-order valence-electron chi connectivity index (χ0n) is 13.8. The van der Waals surface area contributed by atoms with Crippen LogP contribution in [0.1, 0.15) is 29.7 Å². The Kier molecular flexibility index (Phi) is 5.52. The molecular formula is C18H19NO5. The largest absolute Gasteiger partial charge is 0.482 e. The highest BCUT2D eigenvalue weighted by atomic mass is 16.6. The average molecular weight is 329 g/mol. The molecule has 0 aliphatic heterocycles. The van der Waals surface area contributed by atoms with Crippen LogP contribution < -0.4 is 4.74 Å². The van der Waals surface area contributed by atoms with Crippen LogP contribution in [0.4, 0.5) is 5.69 Å². The van der Waals surface area contributed by atoms with Gasteiger partial charge in [0, 0.05) is 12.1 Å². The van der Waals surface area contributed by atoms with Crippen molar-refractivity contribution in [2.75, 3.05) is 6.61 Å². The summed E-state index contributed by atoms with van der Waals surface area (Å²) in [7, 11) is 0. The maximum atomic E-state index is 11.9. The standard InChI is InChI=1S/C18H19NO5/c1-12-7-8-17(13(2)9-12)23-11-18(20)24-14(3)15-5-4-6-16(10-15)19(21)22/h4-10,14H,11H2,1-3H3/t14-/m0/s1. The quantitative estimate of drug-likeness (QED) is 0.456. The van der Waals surface area contributed by atoms with Crippen molar-refractivity contribution in [2.24, 2.45) is 0 Å². The minimum Gasteiger partial charge on any atom is -0.482 e. The molecule has 0 unspecified atom stereocenters. The molecule has 0 saturated heterocycles. The lowest BCUT2D eigenvalue weighted by molar-refractivity contribution is -0.385. The number of carbonyl (C=O) groups excluding carboxylic acids is 1. The molecule has 0 N–H and O–H groups in total. The summed E-state index contributed by atoms with van der Waals surface area (Å²) in [5, 5.41) is 10.8. The van der Waals surface area contributed by atoms with Crippen molar-refractivity contribution in [1.29, 1.82) is 0 Å². The van der Waals surface area contributed by atoms with E-state index in [1.165, 1.54) is 12.1 Å². The number of rotatable bonds is 6. The number of aryl methyl sites for hydroxylation is 2. The molecule has 24 heavy (non-hydrogen) atoms. The molecule has 2 rings (SSSR count). The van der Waals surface area contributed by atoms with Crippen molar-refractivity contribution in [1.82, 2.24) is 0 Å². The molecule has 2 aromatic carbocycles. The van der Waals surface area contributed by atoms with Crippen molar-refractivity contribution in [2.45, 2.75) is 26.9 Å². The fraction of sp³-hybridized carbons (Fsp3) is 0.278. The van der Waals surface area contributed by atoms with E-state index < -0.39 is 17.0 Å². The molecule has 0 saturated carbocycles. The van der Waals surface area contributed by atoms with Crippen molar-refractivity contribution in [3.05, 3.63) is 69.3 Å². The molecule has 0 fully saturated rings. The van der Waals surface area contributed by atoms with E-state index in [-0.39, 0.29) is 12.3 Å². The zero-order valence-corrected chi connectivity index (χ0v) is 13.8. The maximum Gasteiger partial charge on any atom is 0.344 e. The van der Waals surface area contributed by atoms with Crippen LogP contribution in [0, 0.1) is 24.0 Å². The van der Waals surface area contributed by atoms with E-state index in [1.807, 2.05) is 32.0 Å². The Balaban J connectivity index is 1.94. The van der Waals surface area contributed by atoms with Gasteiger partial charge in [0.05, 0.1) is 4.92 Å². The number of esters is 1. The Morgan fingerprint density at radius 1 is 1.21 bits per heavy atom. The van der Waals surface area contributed by atoms with Gasteiger partial charge in [0.1, 0.15) is 11.9 Å². The normalized spacial score (nSPS) is 11.6. The van der Waals surface area contributed by atoms with Crippen LogP contribution in [0.3, 0.4) is 0 Å². The molecule has 126 valence electrons. The molecule has 0 spiro atoms. The van der Waals surface area contributed by atoms with Crippen LogP contribution in [-0.2, 0) is 9.53 Å². The van der Waals surface area contributed by atoms with Crippen molar-refractivity contribution >= 4 is 11.7 Å². The van der Waals surface area contributed by atoms with Crippen molar-refractivity contribution in [3.63, 3.8) is 0 Å². The average Bonchev–Trinajstić information content (AvgIpc) is 2.54. The minimum atomic E-state index is -0.597. The molecule has 0 aliphatic rings. The number of nitrogens with zero attached hydrogens (tertiary/aromatic N) is 1. The van der Waals surface area contributed by atoms with Crippen LogP contribution in [0.15, 0.2) is 42.5 Å². The number of carbonyl (C=O) groups is 1. The third-order valence-electron chi connectivity index (χ3n) is 3.53. The fourth-order valence-corrected chi connectivity index (χ4v) is 2.29. The second-order valence-electron chi connectivity index (χ2n) is 5.54. The van der Waals surface area contributed by atoms with Crippen LogP contribution >= 0.6 is 0 Å². The number of benzene rings is 2. The molecule has 0 amide bonds. The summed E-state index contributed by atoms with van der Waals surface area (Å²) in [5.74, 6) is 0.0922. The topological polar surface area (TPSA) is 78.7 Å². The second kappa shape index (κ2) is 7.59.